The Labute approximate surface area is 117 Å². The molecule has 0 saturated carbocycles. The van der Waals surface area contributed by atoms with Crippen LogP contribution in [0.15, 0.2) is 42.5 Å². The summed E-state index contributed by atoms with van der Waals surface area (Å²) in [6.07, 6.45) is 0. The fraction of sp³-hybridized carbons (Fsp3) is 0.188. The summed E-state index contributed by atoms with van der Waals surface area (Å²) in [6.45, 7) is 4.27. The average Bonchev–Trinajstić information content (AvgIpc) is 2.38. The van der Waals surface area contributed by atoms with Crippen molar-refractivity contribution in [1.82, 2.24) is 0 Å². The molecule has 0 heterocycles. The largest absolute Gasteiger partial charge is 0.478 e. The molecule has 0 unspecified atom stereocenters. The van der Waals surface area contributed by atoms with Crippen LogP contribution in [0.4, 0.5) is 0 Å². The van der Waals surface area contributed by atoms with Crippen LogP contribution in [-0.4, -0.2) is 11.1 Å². The molecule has 2 rings (SSSR count). The van der Waals surface area contributed by atoms with E-state index in [1.165, 1.54) is 11.6 Å². The first-order chi connectivity index (χ1) is 8.97. The topological polar surface area (TPSA) is 37.3 Å². The second-order valence-electron chi connectivity index (χ2n) is 4.81. The lowest BCUT2D eigenvalue weighted by molar-refractivity contribution is 0.0697. The maximum Gasteiger partial charge on any atom is 0.335 e. The number of rotatable bonds is 3. The quantitative estimate of drug-likeness (QED) is 0.870. The van der Waals surface area contributed by atoms with E-state index in [1.807, 2.05) is 12.1 Å². The minimum Gasteiger partial charge on any atom is -0.478 e. The summed E-state index contributed by atoms with van der Waals surface area (Å²) < 4.78 is 0. The van der Waals surface area contributed by atoms with Gasteiger partial charge in [-0.2, -0.15) is 0 Å². The van der Waals surface area contributed by atoms with E-state index in [0.29, 0.717) is 10.9 Å². The van der Waals surface area contributed by atoms with Crippen molar-refractivity contribution < 1.29 is 9.90 Å². The Morgan fingerprint density at radius 2 is 1.68 bits per heavy atom. The van der Waals surface area contributed by atoms with Crippen LogP contribution in [0, 0.1) is 0 Å². The molecule has 0 aliphatic rings. The van der Waals surface area contributed by atoms with E-state index in [4.69, 9.17) is 16.7 Å². The van der Waals surface area contributed by atoms with Crippen molar-refractivity contribution >= 4 is 17.6 Å². The van der Waals surface area contributed by atoms with Crippen LogP contribution < -0.4 is 0 Å². The van der Waals surface area contributed by atoms with Crippen molar-refractivity contribution in [3.05, 3.63) is 58.6 Å². The van der Waals surface area contributed by atoms with Gasteiger partial charge in [0.2, 0.25) is 0 Å². The van der Waals surface area contributed by atoms with Crippen molar-refractivity contribution in [2.45, 2.75) is 19.8 Å². The van der Waals surface area contributed by atoms with Gasteiger partial charge in [0, 0.05) is 5.02 Å². The van der Waals surface area contributed by atoms with E-state index in [0.717, 1.165) is 11.1 Å². The van der Waals surface area contributed by atoms with Gasteiger partial charge in [0.15, 0.2) is 0 Å². The SMILES string of the molecule is CC(C)c1ccc(-c2cc(Cl)cc(C(=O)O)c2)cc1. The Hall–Kier alpha value is -1.80. The molecule has 0 saturated heterocycles. The molecule has 98 valence electrons. The highest BCUT2D eigenvalue weighted by atomic mass is 35.5. The lowest BCUT2D eigenvalue weighted by Crippen LogP contribution is -1.96. The van der Waals surface area contributed by atoms with Gasteiger partial charge in [-0.3, -0.25) is 0 Å². The molecule has 0 aliphatic carbocycles. The Balaban J connectivity index is 2.43. The fourth-order valence-electron chi connectivity index (χ4n) is 1.94. The molecule has 0 spiro atoms. The molecule has 2 aromatic carbocycles. The molecule has 19 heavy (non-hydrogen) atoms. The molecule has 0 aliphatic heterocycles. The Morgan fingerprint density at radius 1 is 1.05 bits per heavy atom. The third-order valence-electron chi connectivity index (χ3n) is 3.06. The minimum absolute atomic E-state index is 0.204. The van der Waals surface area contributed by atoms with E-state index >= 15 is 0 Å². The number of carboxylic acids is 1. The van der Waals surface area contributed by atoms with Crippen molar-refractivity contribution in [2.24, 2.45) is 0 Å². The number of benzene rings is 2. The molecule has 0 bridgehead atoms. The van der Waals surface area contributed by atoms with Gasteiger partial charge in [-0.15, -0.1) is 0 Å². The van der Waals surface area contributed by atoms with Crippen molar-refractivity contribution in [3.8, 4) is 11.1 Å². The summed E-state index contributed by atoms with van der Waals surface area (Å²) in [5, 5.41) is 9.47. The number of halogens is 1. The van der Waals surface area contributed by atoms with Crippen molar-refractivity contribution in [2.75, 3.05) is 0 Å². The highest BCUT2D eigenvalue weighted by Crippen LogP contribution is 2.26. The van der Waals surface area contributed by atoms with Gasteiger partial charge in [0.05, 0.1) is 5.56 Å². The molecular formula is C16H15ClO2. The van der Waals surface area contributed by atoms with Crippen molar-refractivity contribution in [3.63, 3.8) is 0 Å². The number of carbonyl (C=O) groups is 1. The molecule has 0 aromatic heterocycles. The molecule has 0 radical (unpaired) electrons. The van der Waals surface area contributed by atoms with Crippen LogP contribution in [0.1, 0.15) is 35.7 Å². The van der Waals surface area contributed by atoms with Gasteiger partial charge in [-0.1, -0.05) is 49.7 Å². The van der Waals surface area contributed by atoms with Crippen LogP contribution in [-0.2, 0) is 0 Å². The third-order valence-corrected chi connectivity index (χ3v) is 3.27. The standard InChI is InChI=1S/C16H15ClO2/c1-10(2)11-3-5-12(6-4-11)13-7-14(16(18)19)9-15(17)8-13/h3-10H,1-2H3,(H,18,19). The molecular weight excluding hydrogens is 260 g/mol. The van der Waals surface area contributed by atoms with Crippen LogP contribution >= 0.6 is 11.6 Å². The molecule has 1 N–H and O–H groups in total. The predicted molar refractivity (Wildman–Crippen MR) is 77.9 cm³/mol. The number of hydrogen-bond acceptors (Lipinski definition) is 1. The highest BCUT2D eigenvalue weighted by molar-refractivity contribution is 6.31. The minimum atomic E-state index is -0.970. The summed E-state index contributed by atoms with van der Waals surface area (Å²) in [5.74, 6) is -0.495. The molecule has 2 aromatic rings. The zero-order valence-electron chi connectivity index (χ0n) is 10.9. The second-order valence-corrected chi connectivity index (χ2v) is 5.25. The zero-order chi connectivity index (χ0) is 14.0. The maximum atomic E-state index is 11.0. The van der Waals surface area contributed by atoms with E-state index in [2.05, 4.69) is 26.0 Å². The van der Waals surface area contributed by atoms with E-state index in [-0.39, 0.29) is 5.56 Å². The fourth-order valence-corrected chi connectivity index (χ4v) is 2.18. The Morgan fingerprint density at radius 3 is 2.21 bits per heavy atom. The monoisotopic (exact) mass is 274 g/mol. The van der Waals surface area contributed by atoms with Gasteiger partial charge < -0.3 is 5.11 Å². The third kappa shape index (κ3) is 3.15. The number of hydrogen-bond donors (Lipinski definition) is 1. The van der Waals surface area contributed by atoms with E-state index in [1.54, 1.807) is 12.1 Å². The highest BCUT2D eigenvalue weighted by Gasteiger charge is 2.08. The van der Waals surface area contributed by atoms with Crippen molar-refractivity contribution in [1.29, 1.82) is 0 Å². The van der Waals surface area contributed by atoms with Crippen LogP contribution in [0.2, 0.25) is 5.02 Å². The number of aromatic carboxylic acids is 1. The molecule has 3 heteroatoms. The average molecular weight is 275 g/mol. The Bertz CT molecular complexity index is 601. The molecule has 0 amide bonds. The first kappa shape index (κ1) is 13.6. The second kappa shape index (κ2) is 5.45. The van der Waals surface area contributed by atoms with Crippen LogP contribution in [0.25, 0.3) is 11.1 Å². The van der Waals surface area contributed by atoms with Gasteiger partial charge in [0.1, 0.15) is 0 Å². The lowest BCUT2D eigenvalue weighted by atomic mass is 9.98. The number of carboxylic acid groups (broad SMARTS) is 1. The van der Waals surface area contributed by atoms with Gasteiger partial charge >= 0.3 is 5.97 Å². The summed E-state index contributed by atoms with van der Waals surface area (Å²) in [5.41, 5.74) is 3.24. The normalized spacial score (nSPS) is 10.7. The summed E-state index contributed by atoms with van der Waals surface area (Å²) in [6, 6.07) is 13.0. The van der Waals surface area contributed by atoms with Crippen LogP contribution in [0.5, 0.6) is 0 Å². The lowest BCUT2D eigenvalue weighted by Gasteiger charge is -2.08. The summed E-state index contributed by atoms with van der Waals surface area (Å²) in [7, 11) is 0. The predicted octanol–water partition coefficient (Wildman–Crippen LogP) is 4.83. The van der Waals surface area contributed by atoms with Gasteiger partial charge in [-0.25, -0.2) is 4.79 Å². The van der Waals surface area contributed by atoms with E-state index < -0.39 is 5.97 Å². The first-order valence-electron chi connectivity index (χ1n) is 6.11. The summed E-state index contributed by atoms with van der Waals surface area (Å²) in [4.78, 5) is 11.0. The van der Waals surface area contributed by atoms with E-state index in [9.17, 15) is 4.79 Å². The molecule has 2 nitrogen and oxygen atoms in total. The Kier molecular flexibility index (Phi) is 3.91. The molecule has 0 fully saturated rings. The maximum absolute atomic E-state index is 11.0. The smallest absolute Gasteiger partial charge is 0.335 e. The summed E-state index contributed by atoms with van der Waals surface area (Å²) >= 11 is 5.96. The van der Waals surface area contributed by atoms with Crippen LogP contribution in [0.3, 0.4) is 0 Å². The van der Waals surface area contributed by atoms with Gasteiger partial charge in [-0.05, 0) is 40.8 Å². The zero-order valence-corrected chi connectivity index (χ0v) is 11.6. The first-order valence-corrected chi connectivity index (χ1v) is 6.49. The molecule has 0 atom stereocenters. The van der Waals surface area contributed by atoms with Gasteiger partial charge in [0.25, 0.3) is 0 Å².